The number of H-pyrrole nitrogens is 1. The molecule has 5 N–H and O–H groups in total. The van der Waals surface area contributed by atoms with E-state index in [1.54, 1.807) is 0 Å². The number of aromatic nitrogens is 3. The third-order valence-corrected chi connectivity index (χ3v) is 2.55. The van der Waals surface area contributed by atoms with Crippen molar-refractivity contribution in [2.75, 3.05) is 18.8 Å². The number of aromatic amines is 1. The second kappa shape index (κ2) is 6.90. The topological polar surface area (TPSA) is 96.8 Å². The van der Waals surface area contributed by atoms with Gasteiger partial charge in [-0.15, -0.1) is 29.9 Å². The minimum Gasteiger partial charge on any atom is -0.367 e. The quantitative estimate of drug-likeness (QED) is 0.710. The zero-order chi connectivity index (χ0) is 9.97. The molecule has 1 saturated heterocycles. The van der Waals surface area contributed by atoms with Crippen LogP contribution in [0.4, 0.5) is 5.95 Å². The van der Waals surface area contributed by atoms with Crippen molar-refractivity contribution in [2.45, 2.75) is 25.4 Å². The summed E-state index contributed by atoms with van der Waals surface area (Å²) in [6.07, 6.45) is 2.12. The summed E-state index contributed by atoms with van der Waals surface area (Å²) in [5.41, 5.74) is 11.2. The van der Waals surface area contributed by atoms with Gasteiger partial charge in [-0.1, -0.05) is 0 Å². The first-order valence-corrected chi connectivity index (χ1v) is 4.89. The van der Waals surface area contributed by atoms with Crippen LogP contribution in [0.15, 0.2) is 0 Å². The molecule has 0 atom stereocenters. The number of hydrogen-bond donors (Lipinski definition) is 3. The maximum atomic E-state index is 5.81. The molecule has 94 valence electrons. The van der Waals surface area contributed by atoms with Crippen molar-refractivity contribution in [3.05, 3.63) is 5.82 Å². The van der Waals surface area contributed by atoms with E-state index in [2.05, 4.69) is 20.1 Å². The van der Waals surface area contributed by atoms with E-state index >= 15 is 0 Å². The Kier molecular flexibility index (Phi) is 6.66. The highest BCUT2D eigenvalue weighted by molar-refractivity contribution is 5.85. The zero-order valence-corrected chi connectivity index (χ0v) is 10.6. The molecule has 0 amide bonds. The first-order chi connectivity index (χ1) is 6.74. The van der Waals surface area contributed by atoms with E-state index in [9.17, 15) is 0 Å². The van der Waals surface area contributed by atoms with E-state index in [4.69, 9.17) is 11.5 Å². The second-order valence-corrected chi connectivity index (χ2v) is 3.75. The van der Waals surface area contributed by atoms with E-state index in [-0.39, 0.29) is 24.8 Å². The van der Waals surface area contributed by atoms with Crippen LogP contribution in [-0.2, 0) is 6.54 Å². The minimum absolute atomic E-state index is 0. The van der Waals surface area contributed by atoms with Gasteiger partial charge in [0.15, 0.2) is 0 Å². The number of likely N-dealkylation sites (tertiary alicyclic amines) is 1. The monoisotopic (exact) mass is 268 g/mol. The molecule has 1 aromatic rings. The maximum absolute atomic E-state index is 5.81. The molecule has 0 aliphatic carbocycles. The van der Waals surface area contributed by atoms with Crippen LogP contribution in [0.3, 0.4) is 0 Å². The Bertz CT molecular complexity index is 296. The van der Waals surface area contributed by atoms with Crippen LogP contribution in [0.2, 0.25) is 0 Å². The van der Waals surface area contributed by atoms with Gasteiger partial charge in [-0.3, -0.25) is 10.00 Å². The van der Waals surface area contributed by atoms with Gasteiger partial charge in [-0.25, -0.2) is 0 Å². The lowest BCUT2D eigenvalue weighted by molar-refractivity contribution is 0.201. The number of nitrogen functional groups attached to an aromatic ring is 1. The summed E-state index contributed by atoms with van der Waals surface area (Å²) in [5.74, 6) is 1.15. The Hall–Kier alpha value is -0.560. The highest BCUT2D eigenvalue weighted by atomic mass is 35.5. The van der Waals surface area contributed by atoms with Crippen LogP contribution >= 0.6 is 24.8 Å². The summed E-state index contributed by atoms with van der Waals surface area (Å²) in [7, 11) is 0. The predicted molar refractivity (Wildman–Crippen MR) is 67.8 cm³/mol. The number of hydrogen-bond acceptors (Lipinski definition) is 5. The fraction of sp³-hybridized carbons (Fsp3) is 0.750. The van der Waals surface area contributed by atoms with Crippen molar-refractivity contribution in [3.63, 3.8) is 0 Å². The van der Waals surface area contributed by atoms with Crippen LogP contribution < -0.4 is 11.5 Å². The summed E-state index contributed by atoms with van der Waals surface area (Å²) in [4.78, 5) is 6.37. The lowest BCUT2D eigenvalue weighted by Crippen LogP contribution is -2.39. The molecule has 6 nitrogen and oxygen atoms in total. The number of halogens is 2. The largest absolute Gasteiger partial charge is 0.367 e. The Morgan fingerprint density at radius 1 is 1.31 bits per heavy atom. The number of anilines is 1. The van der Waals surface area contributed by atoms with Gasteiger partial charge >= 0.3 is 0 Å². The standard InChI is InChI=1S/C8H16N6.2ClH/c9-6-1-3-14(4-2-6)5-7-11-8(10)13-12-7;;/h6H,1-5,9H2,(H3,10,11,12,13);2*1H. The van der Waals surface area contributed by atoms with Crippen LogP contribution in [0.5, 0.6) is 0 Å². The second-order valence-electron chi connectivity index (χ2n) is 3.75. The molecule has 0 radical (unpaired) electrons. The predicted octanol–water partition coefficient (Wildman–Crippen LogP) is 0.154. The fourth-order valence-electron chi connectivity index (χ4n) is 1.70. The van der Waals surface area contributed by atoms with Gasteiger partial charge in [0.25, 0.3) is 0 Å². The molecule has 0 spiro atoms. The van der Waals surface area contributed by atoms with Gasteiger partial charge in [-0.05, 0) is 12.8 Å². The number of nitrogens with two attached hydrogens (primary N) is 2. The van der Waals surface area contributed by atoms with Gasteiger partial charge < -0.3 is 11.5 Å². The normalized spacial score (nSPS) is 17.6. The van der Waals surface area contributed by atoms with Crippen LogP contribution in [-0.4, -0.2) is 39.2 Å². The Morgan fingerprint density at radius 2 is 1.94 bits per heavy atom. The van der Waals surface area contributed by atoms with Gasteiger partial charge in [-0.2, -0.15) is 4.98 Å². The highest BCUT2D eigenvalue weighted by Crippen LogP contribution is 2.10. The highest BCUT2D eigenvalue weighted by Gasteiger charge is 2.16. The van der Waals surface area contributed by atoms with Gasteiger partial charge in [0.2, 0.25) is 5.95 Å². The minimum atomic E-state index is 0. The van der Waals surface area contributed by atoms with Gasteiger partial charge in [0, 0.05) is 19.1 Å². The molecule has 1 aliphatic rings. The molecule has 0 aromatic carbocycles. The van der Waals surface area contributed by atoms with E-state index in [0.717, 1.165) is 38.3 Å². The Labute approximate surface area is 107 Å². The lowest BCUT2D eigenvalue weighted by Gasteiger charge is -2.28. The van der Waals surface area contributed by atoms with Crippen molar-refractivity contribution in [2.24, 2.45) is 5.73 Å². The molecule has 0 bridgehead atoms. The average Bonchev–Trinajstić information content (AvgIpc) is 2.56. The molecule has 1 fully saturated rings. The Morgan fingerprint density at radius 3 is 2.44 bits per heavy atom. The summed E-state index contributed by atoms with van der Waals surface area (Å²) in [5, 5.41) is 6.59. The van der Waals surface area contributed by atoms with E-state index in [0.29, 0.717) is 12.0 Å². The van der Waals surface area contributed by atoms with Crippen molar-refractivity contribution >= 4 is 30.8 Å². The van der Waals surface area contributed by atoms with Crippen molar-refractivity contribution in [1.82, 2.24) is 20.1 Å². The third-order valence-electron chi connectivity index (χ3n) is 2.55. The molecule has 1 aromatic heterocycles. The SMILES string of the molecule is Cl.Cl.Nc1n[nH]c(CN2CCC(N)CC2)n1. The summed E-state index contributed by atoms with van der Waals surface area (Å²) in [6.45, 7) is 2.85. The zero-order valence-electron chi connectivity index (χ0n) is 8.93. The van der Waals surface area contributed by atoms with Gasteiger partial charge in [0.1, 0.15) is 5.82 Å². The molecule has 2 rings (SSSR count). The third kappa shape index (κ3) is 4.13. The molecule has 2 heterocycles. The Balaban J connectivity index is 0.00000112. The average molecular weight is 269 g/mol. The van der Waals surface area contributed by atoms with Crippen LogP contribution in [0, 0.1) is 0 Å². The number of piperidine rings is 1. The van der Waals surface area contributed by atoms with E-state index in [1.165, 1.54) is 0 Å². The maximum Gasteiger partial charge on any atom is 0.239 e. The molecule has 0 saturated carbocycles. The number of rotatable bonds is 2. The lowest BCUT2D eigenvalue weighted by atomic mass is 10.1. The van der Waals surface area contributed by atoms with Crippen LogP contribution in [0.1, 0.15) is 18.7 Å². The molecule has 0 unspecified atom stereocenters. The first-order valence-electron chi connectivity index (χ1n) is 4.89. The van der Waals surface area contributed by atoms with E-state index in [1.807, 2.05) is 0 Å². The van der Waals surface area contributed by atoms with Crippen LogP contribution in [0.25, 0.3) is 0 Å². The summed E-state index contributed by atoms with van der Waals surface area (Å²) < 4.78 is 0. The van der Waals surface area contributed by atoms with Gasteiger partial charge in [0.05, 0.1) is 6.54 Å². The van der Waals surface area contributed by atoms with Crippen molar-refractivity contribution in [1.29, 1.82) is 0 Å². The fourth-order valence-corrected chi connectivity index (χ4v) is 1.70. The number of nitrogens with one attached hydrogen (secondary N) is 1. The first kappa shape index (κ1) is 15.4. The molecular formula is C8H18Cl2N6. The molecule has 16 heavy (non-hydrogen) atoms. The van der Waals surface area contributed by atoms with Crippen molar-refractivity contribution in [3.8, 4) is 0 Å². The molecule has 1 aliphatic heterocycles. The number of nitrogens with zero attached hydrogens (tertiary/aromatic N) is 3. The summed E-state index contributed by atoms with van der Waals surface area (Å²) >= 11 is 0. The smallest absolute Gasteiger partial charge is 0.239 e. The molecule has 8 heteroatoms. The van der Waals surface area contributed by atoms with E-state index < -0.39 is 0 Å². The summed E-state index contributed by atoms with van der Waals surface area (Å²) in [6, 6.07) is 0.367. The molecular weight excluding hydrogens is 251 g/mol. The van der Waals surface area contributed by atoms with Crippen molar-refractivity contribution < 1.29 is 0 Å².